The molecule has 21 heavy (non-hydrogen) atoms. The molecule has 0 spiro atoms. The molecule has 2 aromatic carbocycles. The van der Waals surface area contributed by atoms with E-state index in [0.717, 1.165) is 11.6 Å². The minimum absolute atomic E-state index is 0.165. The van der Waals surface area contributed by atoms with Crippen molar-refractivity contribution in [2.24, 2.45) is 0 Å². The topological polar surface area (TPSA) is 21.3 Å². The third-order valence-electron chi connectivity index (χ3n) is 3.07. The molecule has 0 fully saturated rings. The zero-order valence-corrected chi connectivity index (χ0v) is 11.5. The first-order chi connectivity index (χ1) is 9.98. The monoisotopic (exact) mass is 295 g/mol. The number of alkyl halides is 3. The van der Waals surface area contributed by atoms with Crippen LogP contribution < -0.4 is 5.48 Å². The molecule has 2 rings (SSSR count). The van der Waals surface area contributed by atoms with E-state index in [1.165, 1.54) is 12.1 Å². The van der Waals surface area contributed by atoms with Gasteiger partial charge in [0, 0.05) is 0 Å². The lowest BCUT2D eigenvalue weighted by atomic mass is 10.0. The Bertz CT molecular complexity index is 569. The van der Waals surface area contributed by atoms with E-state index in [0.29, 0.717) is 6.61 Å². The first-order valence-corrected chi connectivity index (χ1v) is 6.56. The SMILES string of the molecule is CC(NOCc1ccccc1)c1ccccc1C(F)(F)F. The van der Waals surface area contributed by atoms with Gasteiger partial charge < -0.3 is 0 Å². The Morgan fingerprint density at radius 1 is 1.00 bits per heavy atom. The van der Waals surface area contributed by atoms with Gasteiger partial charge in [-0.15, -0.1) is 0 Å². The highest BCUT2D eigenvalue weighted by Crippen LogP contribution is 2.34. The van der Waals surface area contributed by atoms with Crippen molar-refractivity contribution >= 4 is 0 Å². The molecule has 0 aliphatic rings. The molecule has 0 aromatic heterocycles. The predicted octanol–water partition coefficient (Wildman–Crippen LogP) is 4.49. The van der Waals surface area contributed by atoms with Crippen LogP contribution in [-0.2, 0) is 17.6 Å². The van der Waals surface area contributed by atoms with Crippen molar-refractivity contribution in [1.82, 2.24) is 5.48 Å². The summed E-state index contributed by atoms with van der Waals surface area (Å²) in [4.78, 5) is 5.29. The Labute approximate surface area is 121 Å². The number of nitrogens with one attached hydrogen (secondary N) is 1. The highest BCUT2D eigenvalue weighted by atomic mass is 19.4. The van der Waals surface area contributed by atoms with E-state index in [9.17, 15) is 13.2 Å². The molecule has 2 nitrogen and oxygen atoms in total. The average Bonchev–Trinajstić information content (AvgIpc) is 2.47. The summed E-state index contributed by atoms with van der Waals surface area (Å²) in [6.45, 7) is 1.93. The molecule has 1 unspecified atom stereocenters. The van der Waals surface area contributed by atoms with Gasteiger partial charge in [-0.2, -0.15) is 18.7 Å². The van der Waals surface area contributed by atoms with E-state index in [1.54, 1.807) is 13.0 Å². The van der Waals surface area contributed by atoms with Crippen LogP contribution in [0.4, 0.5) is 13.2 Å². The molecule has 0 aliphatic carbocycles. The number of benzene rings is 2. The standard InChI is InChI=1S/C16H16F3NO/c1-12(20-21-11-13-7-3-2-4-8-13)14-9-5-6-10-15(14)16(17,18)19/h2-10,12,20H,11H2,1H3. The lowest BCUT2D eigenvalue weighted by Gasteiger charge is -2.19. The third kappa shape index (κ3) is 4.31. The van der Waals surface area contributed by atoms with Crippen molar-refractivity contribution in [2.75, 3.05) is 0 Å². The second-order valence-electron chi connectivity index (χ2n) is 4.70. The zero-order valence-electron chi connectivity index (χ0n) is 11.5. The molecule has 1 N–H and O–H groups in total. The van der Waals surface area contributed by atoms with Crippen LogP contribution in [0, 0.1) is 0 Å². The maximum absolute atomic E-state index is 12.9. The second-order valence-corrected chi connectivity index (χ2v) is 4.70. The van der Waals surface area contributed by atoms with Gasteiger partial charge in [-0.3, -0.25) is 4.84 Å². The fourth-order valence-corrected chi connectivity index (χ4v) is 2.02. The molecular formula is C16H16F3NO. The molecular weight excluding hydrogens is 279 g/mol. The molecule has 0 saturated heterocycles. The van der Waals surface area contributed by atoms with E-state index in [-0.39, 0.29) is 5.56 Å². The van der Waals surface area contributed by atoms with Crippen LogP contribution in [0.2, 0.25) is 0 Å². The van der Waals surface area contributed by atoms with Crippen LogP contribution in [0.3, 0.4) is 0 Å². The van der Waals surface area contributed by atoms with Gasteiger partial charge >= 0.3 is 6.18 Å². The molecule has 5 heteroatoms. The van der Waals surface area contributed by atoms with Gasteiger partial charge in [0.1, 0.15) is 0 Å². The minimum atomic E-state index is -4.37. The molecule has 0 aliphatic heterocycles. The highest BCUT2D eigenvalue weighted by Gasteiger charge is 2.34. The van der Waals surface area contributed by atoms with Crippen LogP contribution >= 0.6 is 0 Å². The fourth-order valence-electron chi connectivity index (χ4n) is 2.02. The Balaban J connectivity index is 1.99. The Morgan fingerprint density at radius 3 is 2.29 bits per heavy atom. The van der Waals surface area contributed by atoms with E-state index in [4.69, 9.17) is 4.84 Å². The van der Waals surface area contributed by atoms with Gasteiger partial charge in [0.2, 0.25) is 0 Å². The van der Waals surface area contributed by atoms with E-state index < -0.39 is 17.8 Å². The Hall–Kier alpha value is -1.85. The number of rotatable bonds is 5. The van der Waals surface area contributed by atoms with Crippen LogP contribution in [0.15, 0.2) is 54.6 Å². The van der Waals surface area contributed by atoms with Crippen LogP contribution in [0.25, 0.3) is 0 Å². The first-order valence-electron chi connectivity index (χ1n) is 6.56. The summed E-state index contributed by atoms with van der Waals surface area (Å²) in [5, 5.41) is 0. The van der Waals surface area contributed by atoms with E-state index in [1.807, 2.05) is 30.3 Å². The molecule has 1 atom stereocenters. The summed E-state index contributed by atoms with van der Waals surface area (Å²) in [5.41, 5.74) is 3.13. The van der Waals surface area contributed by atoms with Crippen molar-refractivity contribution in [1.29, 1.82) is 0 Å². The van der Waals surface area contributed by atoms with Crippen molar-refractivity contribution in [3.8, 4) is 0 Å². The zero-order chi connectivity index (χ0) is 15.3. The average molecular weight is 295 g/mol. The molecule has 0 radical (unpaired) electrons. The normalized spacial score (nSPS) is 13.1. The molecule has 0 saturated carbocycles. The molecule has 0 heterocycles. The van der Waals surface area contributed by atoms with Gasteiger partial charge in [0.25, 0.3) is 0 Å². The number of hydroxylamine groups is 1. The van der Waals surface area contributed by atoms with Crippen LogP contribution in [0.1, 0.15) is 29.7 Å². The first kappa shape index (κ1) is 15.5. The van der Waals surface area contributed by atoms with Crippen molar-refractivity contribution in [2.45, 2.75) is 25.7 Å². The lowest BCUT2D eigenvalue weighted by molar-refractivity contribution is -0.138. The fraction of sp³-hybridized carbons (Fsp3) is 0.250. The largest absolute Gasteiger partial charge is 0.416 e. The summed E-state index contributed by atoms with van der Waals surface area (Å²) < 4.78 is 38.8. The summed E-state index contributed by atoms with van der Waals surface area (Å²) in [7, 11) is 0. The molecule has 0 bridgehead atoms. The minimum Gasteiger partial charge on any atom is -0.296 e. The van der Waals surface area contributed by atoms with E-state index >= 15 is 0 Å². The Morgan fingerprint density at radius 2 is 1.62 bits per heavy atom. The summed E-state index contributed by atoms with van der Waals surface area (Å²) >= 11 is 0. The summed E-state index contributed by atoms with van der Waals surface area (Å²) in [6, 6.07) is 14.3. The van der Waals surface area contributed by atoms with Crippen LogP contribution in [0.5, 0.6) is 0 Å². The molecule has 112 valence electrons. The summed E-state index contributed by atoms with van der Waals surface area (Å²) in [5.74, 6) is 0. The van der Waals surface area contributed by atoms with Crippen LogP contribution in [-0.4, -0.2) is 0 Å². The van der Waals surface area contributed by atoms with E-state index in [2.05, 4.69) is 5.48 Å². The maximum Gasteiger partial charge on any atom is 0.416 e. The number of hydrogen-bond acceptors (Lipinski definition) is 2. The van der Waals surface area contributed by atoms with Crippen molar-refractivity contribution < 1.29 is 18.0 Å². The van der Waals surface area contributed by atoms with Gasteiger partial charge in [0.15, 0.2) is 0 Å². The van der Waals surface area contributed by atoms with Gasteiger partial charge in [-0.05, 0) is 24.1 Å². The van der Waals surface area contributed by atoms with Crippen molar-refractivity contribution in [3.05, 3.63) is 71.3 Å². The maximum atomic E-state index is 12.9. The smallest absolute Gasteiger partial charge is 0.296 e. The van der Waals surface area contributed by atoms with Gasteiger partial charge in [-0.25, -0.2) is 0 Å². The quantitative estimate of drug-likeness (QED) is 0.821. The molecule has 2 aromatic rings. The Kier molecular flexibility index (Phi) is 4.98. The molecule has 0 amide bonds. The number of halogens is 3. The third-order valence-corrected chi connectivity index (χ3v) is 3.07. The van der Waals surface area contributed by atoms with Gasteiger partial charge in [0.05, 0.1) is 18.2 Å². The predicted molar refractivity (Wildman–Crippen MR) is 74.2 cm³/mol. The highest BCUT2D eigenvalue weighted by molar-refractivity contribution is 5.31. The second kappa shape index (κ2) is 6.74. The van der Waals surface area contributed by atoms with Gasteiger partial charge in [-0.1, -0.05) is 48.5 Å². The number of hydrogen-bond donors (Lipinski definition) is 1. The summed E-state index contributed by atoms with van der Waals surface area (Å²) in [6.07, 6.45) is -4.37. The lowest BCUT2D eigenvalue weighted by Crippen LogP contribution is -2.22. The van der Waals surface area contributed by atoms with Crippen molar-refractivity contribution in [3.63, 3.8) is 0 Å².